The van der Waals surface area contributed by atoms with Crippen LogP contribution in [0.1, 0.15) is 113 Å². The summed E-state index contributed by atoms with van der Waals surface area (Å²) in [5.74, 6) is 4.26. The van der Waals surface area contributed by atoms with E-state index in [1.165, 1.54) is 38.5 Å². The molecule has 174 valence electrons. The number of Topliss-reactive ketones (excluding diaryl/α,β-unsaturated/α-hetero) is 1. The van der Waals surface area contributed by atoms with Crippen LogP contribution in [0, 0.1) is 56.7 Å². The van der Waals surface area contributed by atoms with Gasteiger partial charge in [-0.1, -0.05) is 67.0 Å². The highest BCUT2D eigenvalue weighted by molar-refractivity contribution is 5.85. The van der Waals surface area contributed by atoms with Crippen LogP contribution in [0.4, 0.5) is 0 Å². The van der Waals surface area contributed by atoms with Gasteiger partial charge in [0.1, 0.15) is 5.78 Å². The predicted molar refractivity (Wildman–Crippen MR) is 130 cm³/mol. The SMILES string of the molecule is C[C@H]1[C@H](C)CC[C@]2(C)CC[C@]3(C)C4=CC[C@H]5C(C)(C)C(=O)CC[C@]5(C)[C@H]4CC[C@@]3(C)[C@H]12. The molecule has 0 bridgehead atoms. The first kappa shape index (κ1) is 22.2. The van der Waals surface area contributed by atoms with Crippen molar-refractivity contribution in [2.24, 2.45) is 56.7 Å². The number of carbonyl (C=O) groups excluding carboxylic acids is 1. The molecular weight excluding hydrogens is 376 g/mol. The van der Waals surface area contributed by atoms with E-state index >= 15 is 0 Å². The summed E-state index contributed by atoms with van der Waals surface area (Å²) < 4.78 is 0. The van der Waals surface area contributed by atoms with Gasteiger partial charge in [0.15, 0.2) is 0 Å². The molecule has 4 fully saturated rings. The number of hydrogen-bond donors (Lipinski definition) is 0. The number of ketones is 1. The van der Waals surface area contributed by atoms with Gasteiger partial charge in [-0.15, -0.1) is 0 Å². The Labute approximate surface area is 192 Å². The van der Waals surface area contributed by atoms with Crippen LogP contribution in [0.3, 0.4) is 0 Å². The van der Waals surface area contributed by atoms with Crippen LogP contribution in [-0.2, 0) is 4.79 Å². The van der Waals surface area contributed by atoms with Crippen LogP contribution in [0.15, 0.2) is 11.6 Å². The van der Waals surface area contributed by atoms with E-state index < -0.39 is 0 Å². The van der Waals surface area contributed by atoms with Crippen LogP contribution in [0.5, 0.6) is 0 Å². The van der Waals surface area contributed by atoms with Crippen LogP contribution in [0.25, 0.3) is 0 Å². The molecule has 31 heavy (non-hydrogen) atoms. The summed E-state index contributed by atoms with van der Waals surface area (Å²) in [5.41, 5.74) is 3.27. The molecule has 0 radical (unpaired) electrons. The van der Waals surface area contributed by atoms with Crippen molar-refractivity contribution < 1.29 is 4.79 Å². The molecule has 0 heterocycles. The largest absolute Gasteiger partial charge is 0.299 e. The third kappa shape index (κ3) is 2.59. The van der Waals surface area contributed by atoms with E-state index in [4.69, 9.17) is 0 Å². The number of allylic oxidation sites excluding steroid dienone is 2. The Balaban J connectivity index is 1.59. The second kappa shape index (κ2) is 6.50. The fourth-order valence-electron chi connectivity index (χ4n) is 10.8. The van der Waals surface area contributed by atoms with E-state index in [0.29, 0.717) is 39.3 Å². The zero-order chi connectivity index (χ0) is 22.6. The summed E-state index contributed by atoms with van der Waals surface area (Å²) in [6.45, 7) is 20.2. The van der Waals surface area contributed by atoms with Gasteiger partial charge in [-0.3, -0.25) is 4.79 Å². The molecule has 5 aliphatic rings. The Morgan fingerprint density at radius 1 is 0.871 bits per heavy atom. The van der Waals surface area contributed by atoms with Crippen molar-refractivity contribution >= 4 is 5.78 Å². The van der Waals surface area contributed by atoms with Gasteiger partial charge in [-0.05, 0) is 103 Å². The Morgan fingerprint density at radius 3 is 2.29 bits per heavy atom. The minimum absolute atomic E-state index is 0.158. The summed E-state index contributed by atoms with van der Waals surface area (Å²) in [5, 5.41) is 0. The van der Waals surface area contributed by atoms with Crippen molar-refractivity contribution in [3.05, 3.63) is 11.6 Å². The van der Waals surface area contributed by atoms with E-state index in [1.807, 2.05) is 5.57 Å². The number of hydrogen-bond acceptors (Lipinski definition) is 1. The van der Waals surface area contributed by atoms with Gasteiger partial charge in [0.2, 0.25) is 0 Å². The zero-order valence-corrected chi connectivity index (χ0v) is 21.7. The average Bonchev–Trinajstić information content (AvgIpc) is 2.70. The van der Waals surface area contributed by atoms with Crippen molar-refractivity contribution in [1.82, 2.24) is 0 Å². The number of fused-ring (bicyclic) bond motifs is 7. The molecule has 0 aliphatic heterocycles. The lowest BCUT2D eigenvalue weighted by atomic mass is 9.33. The summed E-state index contributed by atoms with van der Waals surface area (Å²) >= 11 is 0. The van der Waals surface area contributed by atoms with Crippen LogP contribution < -0.4 is 0 Å². The molecule has 0 aromatic rings. The lowest BCUT2D eigenvalue weighted by Crippen LogP contribution is -2.63. The van der Waals surface area contributed by atoms with Crippen molar-refractivity contribution in [3.63, 3.8) is 0 Å². The highest BCUT2D eigenvalue weighted by Gasteiger charge is 2.67. The monoisotopic (exact) mass is 424 g/mol. The first-order chi connectivity index (χ1) is 14.3. The molecule has 5 aliphatic carbocycles. The van der Waals surface area contributed by atoms with E-state index in [9.17, 15) is 4.79 Å². The molecule has 1 nitrogen and oxygen atoms in total. The lowest BCUT2D eigenvalue weighted by Gasteiger charge is -2.71. The third-order valence-corrected chi connectivity index (χ3v) is 13.1. The maximum Gasteiger partial charge on any atom is 0.138 e. The quantitative estimate of drug-likeness (QED) is 0.358. The standard InChI is InChI=1S/C30H48O/c1-19-11-14-27(5)17-18-29(7)22-9-10-23-26(3,4)24(31)13-15-28(23,6)21(22)12-16-30(29,8)25(27)20(19)2/h9,19-21,23,25H,10-18H2,1-8H3/t19-,20+,21+,23+,25-,27-,28-,29-,30+/m1/s1. The van der Waals surface area contributed by atoms with Crippen LogP contribution >= 0.6 is 0 Å². The molecule has 4 saturated carbocycles. The van der Waals surface area contributed by atoms with E-state index in [-0.39, 0.29) is 5.41 Å². The maximum absolute atomic E-state index is 12.9. The highest BCUT2D eigenvalue weighted by Crippen LogP contribution is 2.75. The topological polar surface area (TPSA) is 17.1 Å². The lowest BCUT2D eigenvalue weighted by molar-refractivity contribution is -0.181. The van der Waals surface area contributed by atoms with E-state index in [1.54, 1.807) is 0 Å². The maximum atomic E-state index is 12.9. The average molecular weight is 425 g/mol. The summed E-state index contributed by atoms with van der Waals surface area (Å²) in [4.78, 5) is 12.9. The van der Waals surface area contributed by atoms with Gasteiger partial charge < -0.3 is 0 Å². The number of rotatable bonds is 0. The van der Waals surface area contributed by atoms with Crippen molar-refractivity contribution in [2.45, 2.75) is 113 Å². The first-order valence-corrected chi connectivity index (χ1v) is 13.6. The summed E-state index contributed by atoms with van der Waals surface area (Å²) in [6, 6.07) is 0. The normalized spacial score (nSPS) is 55.9. The van der Waals surface area contributed by atoms with Gasteiger partial charge in [-0.2, -0.15) is 0 Å². The summed E-state index contributed by atoms with van der Waals surface area (Å²) in [6.07, 6.45) is 14.1. The molecule has 0 aromatic carbocycles. The Kier molecular flexibility index (Phi) is 4.66. The van der Waals surface area contributed by atoms with Crippen LogP contribution in [0.2, 0.25) is 0 Å². The molecule has 0 amide bonds. The van der Waals surface area contributed by atoms with Gasteiger partial charge >= 0.3 is 0 Å². The zero-order valence-electron chi connectivity index (χ0n) is 21.7. The first-order valence-electron chi connectivity index (χ1n) is 13.6. The van der Waals surface area contributed by atoms with Crippen molar-refractivity contribution in [1.29, 1.82) is 0 Å². The van der Waals surface area contributed by atoms with Gasteiger partial charge in [0.05, 0.1) is 0 Å². The van der Waals surface area contributed by atoms with Crippen molar-refractivity contribution in [2.75, 3.05) is 0 Å². The smallest absolute Gasteiger partial charge is 0.138 e. The second-order valence-corrected chi connectivity index (χ2v) is 14.4. The molecule has 0 saturated heterocycles. The summed E-state index contributed by atoms with van der Waals surface area (Å²) in [7, 11) is 0. The fraction of sp³-hybridized carbons (Fsp3) is 0.900. The second-order valence-electron chi connectivity index (χ2n) is 14.4. The molecule has 9 atom stereocenters. The highest BCUT2D eigenvalue weighted by atomic mass is 16.1. The molecule has 0 N–H and O–H groups in total. The number of carbonyl (C=O) groups is 1. The van der Waals surface area contributed by atoms with Gasteiger partial charge in [0, 0.05) is 11.8 Å². The van der Waals surface area contributed by atoms with E-state index in [2.05, 4.69) is 61.5 Å². The molecule has 0 aromatic heterocycles. The minimum atomic E-state index is -0.158. The predicted octanol–water partition coefficient (Wildman–Crippen LogP) is 8.23. The molecule has 0 spiro atoms. The fourth-order valence-corrected chi connectivity index (χ4v) is 10.8. The van der Waals surface area contributed by atoms with Crippen molar-refractivity contribution in [3.8, 4) is 0 Å². The Bertz CT molecular complexity index is 820. The Hall–Kier alpha value is -0.590. The molecule has 1 heteroatoms. The van der Waals surface area contributed by atoms with Gasteiger partial charge in [0.25, 0.3) is 0 Å². The third-order valence-electron chi connectivity index (χ3n) is 13.1. The Morgan fingerprint density at radius 2 is 1.58 bits per heavy atom. The molecule has 5 rings (SSSR count). The van der Waals surface area contributed by atoms with Crippen LogP contribution in [-0.4, -0.2) is 5.78 Å². The molecular formula is C30H48O. The van der Waals surface area contributed by atoms with Gasteiger partial charge in [-0.25, -0.2) is 0 Å². The van der Waals surface area contributed by atoms with E-state index in [0.717, 1.165) is 37.0 Å². The minimum Gasteiger partial charge on any atom is -0.299 e. The molecule has 0 unspecified atom stereocenters.